The zero-order chi connectivity index (χ0) is 14.7. The van der Waals surface area contributed by atoms with Gasteiger partial charge < -0.3 is 16.2 Å². The van der Waals surface area contributed by atoms with Crippen LogP contribution in [0.25, 0.3) is 0 Å². The van der Waals surface area contributed by atoms with Crippen LogP contribution in [0.2, 0.25) is 0 Å². The van der Waals surface area contributed by atoms with Crippen LogP contribution in [0.4, 0.5) is 15.8 Å². The number of nitrogen functional groups attached to an aromatic ring is 1. The Morgan fingerprint density at radius 3 is 2.35 bits per heavy atom. The second-order valence-electron chi connectivity index (χ2n) is 4.04. The highest BCUT2D eigenvalue weighted by molar-refractivity contribution is 6.11. The maximum atomic E-state index is 12.9. The number of anilines is 2. The molecule has 0 aliphatic heterocycles. The van der Waals surface area contributed by atoms with Crippen molar-refractivity contribution in [2.45, 2.75) is 0 Å². The van der Waals surface area contributed by atoms with E-state index in [1.165, 1.54) is 24.3 Å². The van der Waals surface area contributed by atoms with Gasteiger partial charge in [-0.05, 0) is 30.3 Å². The van der Waals surface area contributed by atoms with Gasteiger partial charge >= 0.3 is 5.97 Å². The van der Waals surface area contributed by atoms with Gasteiger partial charge in [0, 0.05) is 0 Å². The predicted molar refractivity (Wildman–Crippen MR) is 72.2 cm³/mol. The number of nitrogens with one attached hydrogen (secondary N) is 1. The Morgan fingerprint density at radius 1 is 1.10 bits per heavy atom. The fraction of sp³-hybridized carbons (Fsp3) is 0. The first kappa shape index (κ1) is 13.5. The molecule has 0 fully saturated rings. The van der Waals surface area contributed by atoms with Gasteiger partial charge in [0.25, 0.3) is 5.91 Å². The van der Waals surface area contributed by atoms with E-state index in [1.54, 1.807) is 6.07 Å². The molecular formula is C14H11FN2O3. The minimum absolute atomic E-state index is 0.00345. The van der Waals surface area contributed by atoms with Crippen molar-refractivity contribution >= 4 is 23.3 Å². The highest BCUT2D eigenvalue weighted by atomic mass is 19.1. The molecule has 2 rings (SSSR count). The lowest BCUT2D eigenvalue weighted by atomic mass is 10.1. The summed E-state index contributed by atoms with van der Waals surface area (Å²) in [7, 11) is 0. The Morgan fingerprint density at radius 2 is 1.75 bits per heavy atom. The van der Waals surface area contributed by atoms with Gasteiger partial charge in [-0.2, -0.15) is 0 Å². The van der Waals surface area contributed by atoms with Crippen molar-refractivity contribution in [1.82, 2.24) is 0 Å². The summed E-state index contributed by atoms with van der Waals surface area (Å²) in [5.74, 6) is -2.35. The molecule has 0 aromatic heterocycles. The smallest absolute Gasteiger partial charge is 0.336 e. The van der Waals surface area contributed by atoms with Crippen LogP contribution in [0.15, 0.2) is 42.5 Å². The second-order valence-corrected chi connectivity index (χ2v) is 4.04. The van der Waals surface area contributed by atoms with Crippen molar-refractivity contribution in [3.63, 3.8) is 0 Å². The van der Waals surface area contributed by atoms with Crippen LogP contribution in [0.1, 0.15) is 20.7 Å². The molecule has 6 heteroatoms. The number of rotatable bonds is 3. The number of nitrogens with two attached hydrogens (primary N) is 1. The maximum absolute atomic E-state index is 12.9. The van der Waals surface area contributed by atoms with Gasteiger partial charge in [-0.25, -0.2) is 9.18 Å². The zero-order valence-corrected chi connectivity index (χ0v) is 10.3. The molecule has 0 saturated carbocycles. The molecule has 4 N–H and O–H groups in total. The molecule has 20 heavy (non-hydrogen) atoms. The lowest BCUT2D eigenvalue weighted by Gasteiger charge is -2.09. The number of halogens is 1. The lowest BCUT2D eigenvalue weighted by Crippen LogP contribution is -2.17. The Labute approximate surface area is 113 Å². The fourth-order valence-electron chi connectivity index (χ4n) is 1.70. The summed E-state index contributed by atoms with van der Waals surface area (Å²) in [5.41, 5.74) is 5.74. The number of carbonyl (C=O) groups excluding carboxylic acids is 1. The predicted octanol–water partition coefficient (Wildman–Crippen LogP) is 2.36. The minimum atomic E-state index is -1.21. The number of benzene rings is 2. The third-order valence-electron chi connectivity index (χ3n) is 2.66. The highest BCUT2D eigenvalue weighted by Gasteiger charge is 2.16. The van der Waals surface area contributed by atoms with Crippen molar-refractivity contribution < 1.29 is 19.1 Å². The van der Waals surface area contributed by atoms with Crippen molar-refractivity contribution in [3.05, 3.63) is 59.4 Å². The first-order chi connectivity index (χ1) is 9.49. The largest absolute Gasteiger partial charge is 0.478 e. The van der Waals surface area contributed by atoms with E-state index in [1.807, 2.05) is 0 Å². The maximum Gasteiger partial charge on any atom is 0.336 e. The Hall–Kier alpha value is -2.89. The molecule has 2 aromatic rings. The molecule has 102 valence electrons. The monoisotopic (exact) mass is 274 g/mol. The number of carboxylic acid groups (broad SMARTS) is 1. The Balaban J connectivity index is 2.31. The normalized spacial score (nSPS) is 10.1. The quantitative estimate of drug-likeness (QED) is 0.749. The van der Waals surface area contributed by atoms with Gasteiger partial charge in [0.2, 0.25) is 0 Å². The summed E-state index contributed by atoms with van der Waals surface area (Å²) in [4.78, 5) is 23.1. The van der Waals surface area contributed by atoms with Crippen molar-refractivity contribution in [1.29, 1.82) is 0 Å². The van der Waals surface area contributed by atoms with Crippen LogP contribution in [-0.2, 0) is 0 Å². The van der Waals surface area contributed by atoms with Crippen LogP contribution in [0, 0.1) is 5.82 Å². The zero-order valence-electron chi connectivity index (χ0n) is 10.3. The van der Waals surface area contributed by atoms with Crippen LogP contribution >= 0.6 is 0 Å². The average Bonchev–Trinajstić information content (AvgIpc) is 2.41. The van der Waals surface area contributed by atoms with E-state index in [0.717, 1.165) is 12.1 Å². The minimum Gasteiger partial charge on any atom is -0.478 e. The third-order valence-corrected chi connectivity index (χ3v) is 2.66. The molecule has 0 aliphatic carbocycles. The topological polar surface area (TPSA) is 92.4 Å². The van der Waals surface area contributed by atoms with E-state index < -0.39 is 17.7 Å². The molecular weight excluding hydrogens is 263 g/mol. The van der Waals surface area contributed by atoms with Gasteiger partial charge in [0.15, 0.2) is 0 Å². The SMILES string of the molecule is Nc1cc(F)ccc1NC(=O)c1ccccc1C(=O)O. The fourth-order valence-corrected chi connectivity index (χ4v) is 1.70. The molecule has 0 saturated heterocycles. The number of hydrogen-bond acceptors (Lipinski definition) is 3. The summed E-state index contributed by atoms with van der Waals surface area (Å²) >= 11 is 0. The molecule has 0 spiro atoms. The molecule has 0 aliphatic rings. The number of hydrogen-bond donors (Lipinski definition) is 3. The molecule has 0 unspecified atom stereocenters. The van der Waals surface area contributed by atoms with E-state index in [0.29, 0.717) is 0 Å². The number of aromatic carboxylic acids is 1. The summed E-state index contributed by atoms with van der Waals surface area (Å²) < 4.78 is 12.9. The van der Waals surface area contributed by atoms with E-state index in [2.05, 4.69) is 5.32 Å². The van der Waals surface area contributed by atoms with E-state index >= 15 is 0 Å². The van der Waals surface area contributed by atoms with Gasteiger partial charge in [-0.1, -0.05) is 12.1 Å². The first-order valence-electron chi connectivity index (χ1n) is 5.67. The third kappa shape index (κ3) is 2.74. The van der Waals surface area contributed by atoms with Crippen molar-refractivity contribution in [2.24, 2.45) is 0 Å². The number of amides is 1. The number of carbonyl (C=O) groups is 2. The lowest BCUT2D eigenvalue weighted by molar-refractivity contribution is 0.0692. The van der Waals surface area contributed by atoms with Gasteiger partial charge in [0.1, 0.15) is 5.82 Å². The highest BCUT2D eigenvalue weighted by Crippen LogP contribution is 2.20. The molecule has 0 radical (unpaired) electrons. The van der Waals surface area contributed by atoms with E-state index in [9.17, 15) is 14.0 Å². The summed E-state index contributed by atoms with van der Waals surface area (Å²) in [6, 6.07) is 9.31. The summed E-state index contributed by atoms with van der Waals surface area (Å²) in [5, 5.41) is 11.5. The Bertz CT molecular complexity index is 686. The molecule has 0 bridgehead atoms. The van der Waals surface area contributed by atoms with E-state index in [4.69, 9.17) is 10.8 Å². The van der Waals surface area contributed by atoms with Gasteiger partial charge in [-0.3, -0.25) is 4.79 Å². The van der Waals surface area contributed by atoms with Crippen molar-refractivity contribution in [2.75, 3.05) is 11.1 Å². The molecule has 2 aromatic carbocycles. The summed E-state index contributed by atoms with van der Waals surface area (Å²) in [6.45, 7) is 0. The molecule has 5 nitrogen and oxygen atoms in total. The van der Waals surface area contributed by atoms with Crippen LogP contribution in [0.5, 0.6) is 0 Å². The van der Waals surface area contributed by atoms with Crippen LogP contribution in [-0.4, -0.2) is 17.0 Å². The molecule has 1 amide bonds. The van der Waals surface area contributed by atoms with Crippen LogP contribution < -0.4 is 11.1 Å². The number of carboxylic acids is 1. The Kier molecular flexibility index (Phi) is 3.65. The van der Waals surface area contributed by atoms with Gasteiger partial charge in [0.05, 0.1) is 22.5 Å². The van der Waals surface area contributed by atoms with Crippen molar-refractivity contribution in [3.8, 4) is 0 Å². The summed E-state index contributed by atoms with van der Waals surface area (Å²) in [6.07, 6.45) is 0. The van der Waals surface area contributed by atoms with Crippen LogP contribution in [0.3, 0.4) is 0 Å². The second kappa shape index (κ2) is 5.40. The molecule has 0 atom stereocenters. The van der Waals surface area contributed by atoms with Gasteiger partial charge in [-0.15, -0.1) is 0 Å². The first-order valence-corrected chi connectivity index (χ1v) is 5.67. The average molecular weight is 274 g/mol. The standard InChI is InChI=1S/C14H11FN2O3/c15-8-5-6-12(11(16)7-8)17-13(18)9-3-1-2-4-10(9)14(19)20/h1-7H,16H2,(H,17,18)(H,19,20). The van der Waals surface area contributed by atoms with E-state index in [-0.39, 0.29) is 22.5 Å². The molecule has 0 heterocycles.